The second-order valence-corrected chi connectivity index (χ2v) is 7.79. The van der Waals surface area contributed by atoms with Crippen LogP contribution < -0.4 is 5.73 Å². The Labute approximate surface area is 150 Å². The smallest absolute Gasteiger partial charge is 0.328 e. The predicted molar refractivity (Wildman–Crippen MR) is 96.2 cm³/mol. The van der Waals surface area contributed by atoms with Gasteiger partial charge in [0.05, 0.1) is 6.16 Å². The van der Waals surface area contributed by atoms with E-state index in [0.29, 0.717) is 6.42 Å². The van der Waals surface area contributed by atoms with Gasteiger partial charge >= 0.3 is 13.6 Å². The number of unbranched alkanes of at least 4 members (excludes halogenated alkanes) is 9. The number of hydrogen-bond acceptors (Lipinski definition) is 4. The normalized spacial score (nSPS) is 12.2. The molecule has 0 saturated heterocycles. The number of carbonyl (C=O) groups excluding carboxylic acids is 1. The average molecular weight is 383 g/mol. The van der Waals surface area contributed by atoms with Crippen LogP contribution in [0.4, 0.5) is 0 Å². The van der Waals surface area contributed by atoms with Gasteiger partial charge in [0.1, 0.15) is 6.10 Å². The van der Waals surface area contributed by atoms with E-state index < -0.39 is 31.7 Å². The van der Waals surface area contributed by atoms with Crippen LogP contribution in [0.1, 0.15) is 77.6 Å². The van der Waals surface area contributed by atoms with Gasteiger partial charge in [-0.3, -0.25) is 14.2 Å². The second kappa shape index (κ2) is 16.5. The van der Waals surface area contributed by atoms with Crippen molar-refractivity contribution in [1.29, 1.82) is 0 Å². The number of aliphatic hydroxyl groups excluding tert-OH is 1. The molecule has 25 heavy (non-hydrogen) atoms. The van der Waals surface area contributed by atoms with Crippen LogP contribution in [0.25, 0.3) is 0 Å². The van der Waals surface area contributed by atoms with E-state index in [-0.39, 0.29) is 0 Å². The van der Waals surface area contributed by atoms with Gasteiger partial charge in [0.2, 0.25) is 5.91 Å². The van der Waals surface area contributed by atoms with E-state index in [2.05, 4.69) is 12.7 Å². The second-order valence-electron chi connectivity index (χ2n) is 6.09. The van der Waals surface area contributed by atoms with Gasteiger partial charge in [-0.2, -0.15) is 0 Å². The van der Waals surface area contributed by atoms with Gasteiger partial charge in [-0.25, -0.2) is 0 Å². The lowest BCUT2D eigenvalue weighted by Gasteiger charge is -2.06. The quantitative estimate of drug-likeness (QED) is 0.227. The van der Waals surface area contributed by atoms with Crippen LogP contribution in [0.2, 0.25) is 0 Å². The molecule has 0 spiro atoms. The van der Waals surface area contributed by atoms with Gasteiger partial charge in [-0.1, -0.05) is 64.7 Å². The fourth-order valence-corrected chi connectivity index (χ4v) is 2.71. The monoisotopic (exact) mass is 383 g/mol. The summed E-state index contributed by atoms with van der Waals surface area (Å²) in [5.41, 5.74) is 4.51. The topological polar surface area (TPSA) is 158 Å². The molecular formula is C16H34NO7P. The van der Waals surface area contributed by atoms with Crippen LogP contribution in [0, 0.1) is 0 Å². The maximum absolute atomic E-state index is 10.2. The van der Waals surface area contributed by atoms with Crippen LogP contribution in [0.15, 0.2) is 0 Å². The lowest BCUT2D eigenvalue weighted by Crippen LogP contribution is -2.31. The molecule has 0 aromatic carbocycles. The molecule has 0 aromatic rings. The Morgan fingerprint density at radius 1 is 0.920 bits per heavy atom. The van der Waals surface area contributed by atoms with Crippen molar-refractivity contribution in [2.45, 2.75) is 83.7 Å². The van der Waals surface area contributed by atoms with Gasteiger partial charge in [-0.15, -0.1) is 0 Å². The standard InChI is InChI=1S/C13H26O2.C3H8NO5P/c1-2-3-4-5-6-7-8-9-10-11-12-13(14)15;4-3(6)2(5)1-10(7,8)9/h2-12H2,1H3,(H,14,15);2,5H,1H2,(H2,4,6)(H2,7,8,9). The third-order valence-corrected chi connectivity index (χ3v) is 4.30. The van der Waals surface area contributed by atoms with Gasteiger partial charge in [0, 0.05) is 6.42 Å². The predicted octanol–water partition coefficient (Wildman–Crippen LogP) is 2.39. The number of carbonyl (C=O) groups is 2. The highest BCUT2D eigenvalue weighted by atomic mass is 31.2. The van der Waals surface area contributed by atoms with Crippen molar-refractivity contribution >= 4 is 19.5 Å². The molecule has 1 amide bonds. The fourth-order valence-electron chi connectivity index (χ4n) is 2.08. The zero-order valence-electron chi connectivity index (χ0n) is 15.1. The summed E-state index contributed by atoms with van der Waals surface area (Å²) in [5, 5.41) is 16.9. The minimum Gasteiger partial charge on any atom is -0.481 e. The van der Waals surface area contributed by atoms with Crippen molar-refractivity contribution in [2.75, 3.05) is 6.16 Å². The molecule has 8 nitrogen and oxygen atoms in total. The lowest BCUT2D eigenvalue weighted by atomic mass is 10.1. The van der Waals surface area contributed by atoms with Crippen molar-refractivity contribution < 1.29 is 34.2 Å². The molecule has 0 aliphatic rings. The van der Waals surface area contributed by atoms with Gasteiger partial charge < -0.3 is 25.7 Å². The molecular weight excluding hydrogens is 349 g/mol. The number of carboxylic acid groups (broad SMARTS) is 1. The molecule has 1 unspecified atom stereocenters. The molecule has 0 bridgehead atoms. The molecule has 0 rings (SSSR count). The summed E-state index contributed by atoms with van der Waals surface area (Å²) in [6, 6.07) is 0. The van der Waals surface area contributed by atoms with Crippen LogP contribution in [0.5, 0.6) is 0 Å². The van der Waals surface area contributed by atoms with Crippen LogP contribution in [0.3, 0.4) is 0 Å². The average Bonchev–Trinajstić information content (AvgIpc) is 2.48. The number of aliphatic hydroxyl groups is 1. The number of hydrogen-bond donors (Lipinski definition) is 5. The summed E-state index contributed by atoms with van der Waals surface area (Å²) in [4.78, 5) is 36.6. The maximum atomic E-state index is 10.2. The number of aliphatic carboxylic acids is 1. The first-order chi connectivity index (χ1) is 11.6. The summed E-state index contributed by atoms with van der Waals surface area (Å²) in [6.45, 7) is 2.24. The molecule has 0 heterocycles. The SMILES string of the molecule is CCCCCCCCCCCCC(=O)O.NC(=O)C(O)CP(=O)(O)O. The summed E-state index contributed by atoms with van der Waals surface area (Å²) >= 11 is 0. The van der Waals surface area contributed by atoms with Crippen LogP contribution in [-0.4, -0.2) is 44.1 Å². The molecule has 0 aliphatic carbocycles. The summed E-state index contributed by atoms with van der Waals surface area (Å²) in [5.74, 6) is -1.79. The number of primary amides is 1. The molecule has 0 radical (unpaired) electrons. The van der Waals surface area contributed by atoms with E-state index in [4.69, 9.17) is 20.0 Å². The maximum Gasteiger partial charge on any atom is 0.328 e. The Morgan fingerprint density at radius 2 is 1.32 bits per heavy atom. The molecule has 9 heteroatoms. The van der Waals surface area contributed by atoms with Gasteiger partial charge in [-0.05, 0) is 6.42 Å². The zero-order chi connectivity index (χ0) is 19.7. The highest BCUT2D eigenvalue weighted by Gasteiger charge is 2.23. The number of rotatable bonds is 14. The number of amides is 1. The number of carboxylic acids is 1. The molecule has 0 saturated carbocycles. The van der Waals surface area contributed by atoms with Crippen molar-refractivity contribution in [3.63, 3.8) is 0 Å². The minimum atomic E-state index is -4.33. The van der Waals surface area contributed by atoms with E-state index in [1.54, 1.807) is 0 Å². The third kappa shape index (κ3) is 25.4. The Hall–Kier alpha value is -0.950. The first-order valence-corrected chi connectivity index (χ1v) is 10.6. The first-order valence-electron chi connectivity index (χ1n) is 8.84. The van der Waals surface area contributed by atoms with Crippen LogP contribution >= 0.6 is 7.60 Å². The molecule has 150 valence electrons. The van der Waals surface area contributed by atoms with Gasteiger partial charge in [0.25, 0.3) is 0 Å². The summed E-state index contributed by atoms with van der Waals surface area (Å²) in [6.07, 6.45) is 10.2. The summed E-state index contributed by atoms with van der Waals surface area (Å²) in [7, 11) is -4.33. The van der Waals surface area contributed by atoms with Crippen molar-refractivity contribution in [1.82, 2.24) is 0 Å². The molecule has 0 aromatic heterocycles. The Bertz CT molecular complexity index is 398. The number of nitrogens with two attached hydrogens (primary N) is 1. The van der Waals surface area contributed by atoms with Gasteiger partial charge in [0.15, 0.2) is 0 Å². The lowest BCUT2D eigenvalue weighted by molar-refractivity contribution is -0.137. The largest absolute Gasteiger partial charge is 0.481 e. The molecule has 0 fully saturated rings. The minimum absolute atomic E-state index is 0.344. The van der Waals surface area contributed by atoms with E-state index in [9.17, 15) is 14.2 Å². The van der Waals surface area contributed by atoms with E-state index in [0.717, 1.165) is 12.8 Å². The van der Waals surface area contributed by atoms with E-state index >= 15 is 0 Å². The molecule has 1 atom stereocenters. The summed E-state index contributed by atoms with van der Waals surface area (Å²) < 4.78 is 10.1. The Balaban J connectivity index is 0. The first kappa shape index (κ1) is 26.3. The third-order valence-electron chi connectivity index (χ3n) is 3.48. The van der Waals surface area contributed by atoms with Crippen LogP contribution in [-0.2, 0) is 14.2 Å². The van der Waals surface area contributed by atoms with Crippen molar-refractivity contribution in [3.05, 3.63) is 0 Å². The fraction of sp³-hybridized carbons (Fsp3) is 0.875. The van der Waals surface area contributed by atoms with E-state index in [1.165, 1.54) is 51.4 Å². The Morgan fingerprint density at radius 3 is 1.60 bits per heavy atom. The Kier molecular flexibility index (Phi) is 17.4. The van der Waals surface area contributed by atoms with Crippen molar-refractivity contribution in [3.8, 4) is 0 Å². The zero-order valence-corrected chi connectivity index (χ0v) is 16.0. The molecule has 6 N–H and O–H groups in total. The molecule has 0 aliphatic heterocycles. The van der Waals surface area contributed by atoms with E-state index in [1.807, 2.05) is 0 Å². The highest BCUT2D eigenvalue weighted by Crippen LogP contribution is 2.34. The highest BCUT2D eigenvalue weighted by molar-refractivity contribution is 7.51. The van der Waals surface area contributed by atoms with Crippen molar-refractivity contribution in [2.24, 2.45) is 5.73 Å².